The van der Waals surface area contributed by atoms with Crippen LogP contribution in [0.15, 0.2) is 42.7 Å². The molecule has 0 fully saturated rings. The molecular formula is C14H18N4O. The number of aromatic nitrogens is 2. The molecule has 1 aromatic heterocycles. The fraction of sp³-hybridized carbons (Fsp3) is 0.286. The minimum atomic E-state index is -1.07. The van der Waals surface area contributed by atoms with E-state index in [9.17, 15) is 4.79 Å². The summed E-state index contributed by atoms with van der Waals surface area (Å²) < 4.78 is 1.74. The summed E-state index contributed by atoms with van der Waals surface area (Å²) >= 11 is 0. The maximum atomic E-state index is 12.3. The molecule has 3 N–H and O–H groups in total. The summed E-state index contributed by atoms with van der Waals surface area (Å²) in [6, 6.07) is 9.30. The minimum Gasteiger partial charge on any atom is -0.322 e. The number of hydrogen-bond acceptors (Lipinski definition) is 3. The maximum Gasteiger partial charge on any atom is 0.248 e. The summed E-state index contributed by atoms with van der Waals surface area (Å²) in [5, 5.41) is 6.89. The van der Waals surface area contributed by atoms with Crippen LogP contribution in [0, 0.1) is 0 Å². The number of aryl methyl sites for hydroxylation is 1. The van der Waals surface area contributed by atoms with E-state index in [1.165, 1.54) is 0 Å². The zero-order valence-corrected chi connectivity index (χ0v) is 11.1. The van der Waals surface area contributed by atoms with Crippen LogP contribution < -0.4 is 11.1 Å². The number of carbonyl (C=O) groups excluding carboxylic acids is 1. The van der Waals surface area contributed by atoms with Crippen molar-refractivity contribution >= 4 is 11.6 Å². The zero-order chi connectivity index (χ0) is 13.9. The first-order valence-corrected chi connectivity index (χ1v) is 6.22. The van der Waals surface area contributed by atoms with Crippen molar-refractivity contribution in [2.45, 2.75) is 25.9 Å². The summed E-state index contributed by atoms with van der Waals surface area (Å²) in [6.45, 7) is 4.44. The Bertz CT molecular complexity index is 560. The Morgan fingerprint density at radius 3 is 2.68 bits per heavy atom. The topological polar surface area (TPSA) is 72.9 Å². The van der Waals surface area contributed by atoms with Gasteiger partial charge in [-0.25, -0.2) is 0 Å². The van der Waals surface area contributed by atoms with E-state index in [-0.39, 0.29) is 5.91 Å². The van der Waals surface area contributed by atoms with E-state index < -0.39 is 5.54 Å². The smallest absolute Gasteiger partial charge is 0.248 e. The summed E-state index contributed by atoms with van der Waals surface area (Å²) in [6.07, 6.45) is 3.39. The van der Waals surface area contributed by atoms with Gasteiger partial charge in [0.25, 0.3) is 0 Å². The second kappa shape index (κ2) is 5.24. The third-order valence-electron chi connectivity index (χ3n) is 3.06. The van der Waals surface area contributed by atoms with E-state index in [0.717, 1.165) is 12.1 Å². The molecule has 0 spiro atoms. The molecule has 1 heterocycles. The zero-order valence-electron chi connectivity index (χ0n) is 11.1. The van der Waals surface area contributed by atoms with Gasteiger partial charge in [0.2, 0.25) is 5.91 Å². The SMILES string of the molecule is CCn1cc(NC(=O)C(C)(N)c2ccccc2)cn1. The van der Waals surface area contributed by atoms with Crippen LogP contribution in [0.4, 0.5) is 5.69 Å². The summed E-state index contributed by atoms with van der Waals surface area (Å²) in [5.74, 6) is -0.255. The van der Waals surface area contributed by atoms with Crippen LogP contribution in [0.2, 0.25) is 0 Å². The molecule has 2 aromatic rings. The first kappa shape index (κ1) is 13.3. The molecule has 0 saturated heterocycles. The van der Waals surface area contributed by atoms with Crippen LogP contribution in [-0.2, 0) is 16.9 Å². The molecule has 0 aliphatic rings. The molecule has 1 unspecified atom stereocenters. The molecule has 19 heavy (non-hydrogen) atoms. The minimum absolute atomic E-state index is 0.255. The molecule has 5 heteroatoms. The highest BCUT2D eigenvalue weighted by atomic mass is 16.2. The second-order valence-corrected chi connectivity index (χ2v) is 4.61. The Morgan fingerprint density at radius 2 is 2.11 bits per heavy atom. The average Bonchev–Trinajstić information content (AvgIpc) is 2.87. The number of amides is 1. The molecule has 0 radical (unpaired) electrons. The first-order chi connectivity index (χ1) is 9.04. The van der Waals surface area contributed by atoms with Gasteiger partial charge < -0.3 is 11.1 Å². The number of rotatable bonds is 4. The number of anilines is 1. The van der Waals surface area contributed by atoms with Crippen molar-refractivity contribution in [2.24, 2.45) is 5.73 Å². The average molecular weight is 258 g/mol. The normalized spacial score (nSPS) is 13.8. The summed E-state index contributed by atoms with van der Waals surface area (Å²) in [7, 11) is 0. The molecule has 5 nitrogen and oxygen atoms in total. The van der Waals surface area contributed by atoms with Crippen molar-refractivity contribution < 1.29 is 4.79 Å². The van der Waals surface area contributed by atoms with Crippen molar-refractivity contribution in [1.82, 2.24) is 9.78 Å². The van der Waals surface area contributed by atoms with Crippen molar-refractivity contribution in [3.63, 3.8) is 0 Å². The maximum absolute atomic E-state index is 12.3. The number of nitrogens with two attached hydrogens (primary N) is 1. The van der Waals surface area contributed by atoms with Gasteiger partial charge in [0.1, 0.15) is 5.54 Å². The molecule has 0 aliphatic heterocycles. The van der Waals surface area contributed by atoms with Crippen molar-refractivity contribution in [3.8, 4) is 0 Å². The van der Waals surface area contributed by atoms with E-state index in [1.54, 1.807) is 24.0 Å². The van der Waals surface area contributed by atoms with E-state index in [1.807, 2.05) is 37.3 Å². The van der Waals surface area contributed by atoms with Gasteiger partial charge in [-0.05, 0) is 19.4 Å². The Kier molecular flexibility index (Phi) is 3.66. The van der Waals surface area contributed by atoms with Crippen LogP contribution in [0.25, 0.3) is 0 Å². The molecule has 100 valence electrons. The number of hydrogen-bond donors (Lipinski definition) is 2. The lowest BCUT2D eigenvalue weighted by molar-refractivity contribution is -0.120. The van der Waals surface area contributed by atoms with Gasteiger partial charge in [-0.15, -0.1) is 0 Å². The Labute approximate surface area is 112 Å². The van der Waals surface area contributed by atoms with E-state index in [0.29, 0.717) is 5.69 Å². The van der Waals surface area contributed by atoms with Gasteiger partial charge in [-0.2, -0.15) is 5.10 Å². The third-order valence-corrected chi connectivity index (χ3v) is 3.06. The third kappa shape index (κ3) is 2.82. The van der Waals surface area contributed by atoms with E-state index in [2.05, 4.69) is 10.4 Å². The molecule has 0 aliphatic carbocycles. The van der Waals surface area contributed by atoms with E-state index >= 15 is 0 Å². The highest BCUT2D eigenvalue weighted by Gasteiger charge is 2.30. The monoisotopic (exact) mass is 258 g/mol. The predicted octanol–water partition coefficient (Wildman–Crippen LogP) is 1.72. The molecule has 1 atom stereocenters. The molecule has 0 saturated carbocycles. The quantitative estimate of drug-likeness (QED) is 0.877. The largest absolute Gasteiger partial charge is 0.322 e. The second-order valence-electron chi connectivity index (χ2n) is 4.61. The Morgan fingerprint density at radius 1 is 1.42 bits per heavy atom. The van der Waals surface area contributed by atoms with Gasteiger partial charge in [0.15, 0.2) is 0 Å². The van der Waals surface area contributed by atoms with Crippen LogP contribution in [0.1, 0.15) is 19.4 Å². The van der Waals surface area contributed by atoms with E-state index in [4.69, 9.17) is 5.73 Å². The predicted molar refractivity (Wildman–Crippen MR) is 74.5 cm³/mol. The highest BCUT2D eigenvalue weighted by molar-refractivity contribution is 5.98. The van der Waals surface area contributed by atoms with Crippen LogP contribution in [0.3, 0.4) is 0 Å². The lowest BCUT2D eigenvalue weighted by Crippen LogP contribution is -2.45. The number of nitrogens with zero attached hydrogens (tertiary/aromatic N) is 2. The summed E-state index contributed by atoms with van der Waals surface area (Å²) in [5.41, 5.74) is 6.48. The Balaban J connectivity index is 2.15. The van der Waals surface area contributed by atoms with Crippen molar-refractivity contribution in [2.75, 3.05) is 5.32 Å². The molecular weight excluding hydrogens is 240 g/mol. The Hall–Kier alpha value is -2.14. The van der Waals surface area contributed by atoms with Crippen molar-refractivity contribution in [1.29, 1.82) is 0 Å². The van der Waals surface area contributed by atoms with Gasteiger partial charge in [0.05, 0.1) is 11.9 Å². The van der Waals surface area contributed by atoms with Gasteiger partial charge in [0, 0.05) is 12.7 Å². The standard InChI is InChI=1S/C14H18N4O/c1-3-18-10-12(9-16-18)17-13(19)14(2,15)11-7-5-4-6-8-11/h4-10H,3,15H2,1-2H3,(H,17,19). The number of nitrogens with one attached hydrogen (secondary N) is 1. The highest BCUT2D eigenvalue weighted by Crippen LogP contribution is 2.19. The number of carbonyl (C=O) groups is 1. The van der Waals surface area contributed by atoms with Crippen molar-refractivity contribution in [3.05, 3.63) is 48.3 Å². The molecule has 0 bridgehead atoms. The van der Waals surface area contributed by atoms with Crippen LogP contribution in [0.5, 0.6) is 0 Å². The molecule has 1 amide bonds. The number of benzene rings is 1. The molecule has 2 rings (SSSR count). The van der Waals surface area contributed by atoms with Gasteiger partial charge >= 0.3 is 0 Å². The van der Waals surface area contributed by atoms with Crippen LogP contribution >= 0.6 is 0 Å². The lowest BCUT2D eigenvalue weighted by atomic mass is 9.92. The van der Waals surface area contributed by atoms with Gasteiger partial charge in [-0.3, -0.25) is 9.48 Å². The fourth-order valence-corrected chi connectivity index (χ4v) is 1.78. The van der Waals surface area contributed by atoms with Gasteiger partial charge in [-0.1, -0.05) is 30.3 Å². The lowest BCUT2D eigenvalue weighted by Gasteiger charge is -2.23. The van der Waals surface area contributed by atoms with Crippen LogP contribution in [-0.4, -0.2) is 15.7 Å². The first-order valence-electron chi connectivity index (χ1n) is 6.22. The summed E-state index contributed by atoms with van der Waals surface area (Å²) in [4.78, 5) is 12.3. The fourth-order valence-electron chi connectivity index (χ4n) is 1.78. The molecule has 1 aromatic carbocycles.